The molecule has 0 unspecified atom stereocenters. The van der Waals surface area contributed by atoms with Gasteiger partial charge in [-0.05, 0) is 58.9 Å². The maximum absolute atomic E-state index is 11.2. The van der Waals surface area contributed by atoms with Crippen molar-refractivity contribution in [2.75, 3.05) is 0 Å². The van der Waals surface area contributed by atoms with Crippen molar-refractivity contribution in [3.8, 4) is 5.75 Å². The molecule has 1 aromatic rings. The van der Waals surface area contributed by atoms with Crippen LogP contribution in [0.3, 0.4) is 0 Å². The first-order valence-electron chi connectivity index (χ1n) is 5.76. The van der Waals surface area contributed by atoms with Gasteiger partial charge in [-0.3, -0.25) is 0 Å². The molecule has 1 aromatic carbocycles. The van der Waals surface area contributed by atoms with Crippen LogP contribution in [-0.2, 0) is 0 Å². The van der Waals surface area contributed by atoms with Crippen molar-refractivity contribution in [3.05, 3.63) is 27.3 Å². The summed E-state index contributed by atoms with van der Waals surface area (Å²) in [6.45, 7) is 10.6. The molecule has 0 bridgehead atoms. The highest BCUT2D eigenvalue weighted by atomic mass is 127. The average molecular weight is 378 g/mol. The second-order valence-corrected chi connectivity index (χ2v) is 11.8. The Morgan fingerprint density at radius 1 is 1.33 bits per heavy atom. The van der Waals surface area contributed by atoms with Crippen LogP contribution in [0.5, 0.6) is 5.75 Å². The van der Waals surface area contributed by atoms with Gasteiger partial charge in [0.2, 0.25) is 0 Å². The number of halogens is 1. The zero-order chi connectivity index (χ0) is 14.1. The van der Waals surface area contributed by atoms with Gasteiger partial charge in [-0.25, -0.2) is 4.79 Å². The van der Waals surface area contributed by atoms with Gasteiger partial charge in [-0.15, -0.1) is 0 Å². The van der Waals surface area contributed by atoms with Gasteiger partial charge in [0, 0.05) is 3.57 Å². The van der Waals surface area contributed by atoms with E-state index in [0.29, 0.717) is 5.75 Å². The van der Waals surface area contributed by atoms with Gasteiger partial charge >= 0.3 is 5.97 Å². The first-order valence-corrected chi connectivity index (χ1v) is 9.75. The van der Waals surface area contributed by atoms with E-state index in [2.05, 4.69) is 56.5 Å². The van der Waals surface area contributed by atoms with Gasteiger partial charge in [0.05, 0.1) is 0 Å². The number of carboxylic acid groups (broad SMARTS) is 1. The van der Waals surface area contributed by atoms with Gasteiger partial charge in [-0.1, -0.05) is 20.8 Å². The third-order valence-corrected chi connectivity index (χ3v) is 8.36. The Morgan fingerprint density at radius 2 is 1.89 bits per heavy atom. The number of carbonyl (C=O) groups is 1. The lowest BCUT2D eigenvalue weighted by Gasteiger charge is -2.36. The smallest absolute Gasteiger partial charge is 0.339 e. The highest BCUT2D eigenvalue weighted by Crippen LogP contribution is 2.38. The SMILES string of the molecule is CC(C)(C)[Si](C)(C)Oc1cc(I)ccc1C(=O)O. The fourth-order valence-electron chi connectivity index (χ4n) is 1.19. The zero-order valence-corrected chi connectivity index (χ0v) is 14.5. The van der Waals surface area contributed by atoms with E-state index in [9.17, 15) is 9.90 Å². The first kappa shape index (κ1) is 15.5. The largest absolute Gasteiger partial charge is 0.543 e. The molecule has 1 N–H and O–H groups in total. The molecule has 0 aliphatic heterocycles. The molecule has 5 heteroatoms. The number of hydrogen-bond acceptors (Lipinski definition) is 2. The van der Waals surface area contributed by atoms with Gasteiger partial charge in [-0.2, -0.15) is 0 Å². The number of hydrogen-bond donors (Lipinski definition) is 1. The minimum Gasteiger partial charge on any atom is -0.543 e. The number of carboxylic acids is 1. The summed E-state index contributed by atoms with van der Waals surface area (Å²) in [5.41, 5.74) is 0.236. The first-order chi connectivity index (χ1) is 8.04. The summed E-state index contributed by atoms with van der Waals surface area (Å²) in [5, 5.41) is 9.23. The molecule has 0 aromatic heterocycles. The quantitative estimate of drug-likeness (QED) is 0.628. The molecule has 0 saturated carbocycles. The Labute approximate surface area is 123 Å². The van der Waals surface area contributed by atoms with Crippen molar-refractivity contribution in [1.82, 2.24) is 0 Å². The summed E-state index contributed by atoms with van der Waals surface area (Å²) in [7, 11) is -2.01. The van der Waals surface area contributed by atoms with E-state index in [4.69, 9.17) is 4.43 Å². The Bertz CT molecular complexity index is 464. The second-order valence-electron chi connectivity index (χ2n) is 5.81. The Morgan fingerprint density at radius 3 is 2.33 bits per heavy atom. The summed E-state index contributed by atoms with van der Waals surface area (Å²) in [6.07, 6.45) is 0. The third-order valence-electron chi connectivity index (χ3n) is 3.35. The molecule has 18 heavy (non-hydrogen) atoms. The average Bonchev–Trinajstić information content (AvgIpc) is 2.14. The maximum atomic E-state index is 11.2. The van der Waals surface area contributed by atoms with Gasteiger partial charge < -0.3 is 9.53 Å². The molecule has 0 saturated heterocycles. The van der Waals surface area contributed by atoms with Crippen molar-refractivity contribution in [2.24, 2.45) is 0 Å². The molecule has 0 atom stereocenters. The molecular formula is C13H19IO3Si. The molecule has 0 heterocycles. The third kappa shape index (κ3) is 3.47. The van der Waals surface area contributed by atoms with Crippen LogP contribution < -0.4 is 4.43 Å². The summed E-state index contributed by atoms with van der Waals surface area (Å²) in [4.78, 5) is 11.2. The molecule has 0 radical (unpaired) electrons. The predicted molar refractivity (Wildman–Crippen MR) is 83.9 cm³/mol. The van der Waals surface area contributed by atoms with Crippen molar-refractivity contribution in [2.45, 2.75) is 38.9 Å². The van der Waals surface area contributed by atoms with Crippen LogP contribution in [0.25, 0.3) is 0 Å². The van der Waals surface area contributed by atoms with Crippen molar-refractivity contribution in [1.29, 1.82) is 0 Å². The van der Waals surface area contributed by atoms with Crippen molar-refractivity contribution < 1.29 is 14.3 Å². The monoisotopic (exact) mass is 378 g/mol. The van der Waals surface area contributed by atoms with E-state index in [-0.39, 0.29) is 10.6 Å². The minimum atomic E-state index is -2.01. The van der Waals surface area contributed by atoms with E-state index in [0.717, 1.165) is 3.57 Å². The maximum Gasteiger partial charge on any atom is 0.339 e. The van der Waals surface area contributed by atoms with E-state index in [1.165, 1.54) is 0 Å². The van der Waals surface area contributed by atoms with E-state index in [1.807, 2.05) is 0 Å². The number of rotatable bonds is 3. The van der Waals surface area contributed by atoms with Crippen LogP contribution in [0.15, 0.2) is 18.2 Å². The topological polar surface area (TPSA) is 46.5 Å². The second kappa shape index (κ2) is 5.20. The van der Waals surface area contributed by atoms with Crippen LogP contribution in [0.2, 0.25) is 18.1 Å². The lowest BCUT2D eigenvalue weighted by molar-refractivity contribution is 0.0694. The van der Waals surface area contributed by atoms with Crippen LogP contribution in [0, 0.1) is 3.57 Å². The standard InChI is InChI=1S/C13H19IO3Si/c1-13(2,3)18(4,5)17-11-8-9(14)6-7-10(11)12(15)16/h6-8H,1-5H3,(H,15,16). The van der Waals surface area contributed by atoms with Gasteiger partial charge in [0.25, 0.3) is 8.32 Å². The lowest BCUT2D eigenvalue weighted by Crippen LogP contribution is -2.44. The van der Waals surface area contributed by atoms with Crippen LogP contribution in [0.1, 0.15) is 31.1 Å². The van der Waals surface area contributed by atoms with Crippen LogP contribution in [-0.4, -0.2) is 19.4 Å². The Hall–Kier alpha value is -0.563. The van der Waals surface area contributed by atoms with E-state index >= 15 is 0 Å². The molecule has 0 fully saturated rings. The van der Waals surface area contributed by atoms with Crippen LogP contribution >= 0.6 is 22.6 Å². The number of benzene rings is 1. The summed E-state index contributed by atoms with van der Waals surface area (Å²) in [6, 6.07) is 5.18. The predicted octanol–water partition coefficient (Wildman–Crippen LogP) is 4.37. The highest BCUT2D eigenvalue weighted by molar-refractivity contribution is 14.1. The highest BCUT2D eigenvalue weighted by Gasteiger charge is 2.39. The molecular weight excluding hydrogens is 359 g/mol. The van der Waals surface area contributed by atoms with Crippen molar-refractivity contribution in [3.63, 3.8) is 0 Å². The molecule has 3 nitrogen and oxygen atoms in total. The molecule has 0 aliphatic carbocycles. The molecule has 0 amide bonds. The van der Waals surface area contributed by atoms with Gasteiger partial charge in [0.15, 0.2) is 0 Å². The Kier molecular flexibility index (Phi) is 4.48. The molecule has 0 spiro atoms. The zero-order valence-electron chi connectivity index (χ0n) is 11.4. The lowest BCUT2D eigenvalue weighted by atomic mass is 10.2. The Balaban J connectivity index is 3.18. The van der Waals surface area contributed by atoms with Crippen LogP contribution in [0.4, 0.5) is 0 Å². The fourth-order valence-corrected chi connectivity index (χ4v) is 2.67. The molecule has 100 valence electrons. The molecule has 0 aliphatic rings. The number of aromatic carboxylic acids is 1. The van der Waals surface area contributed by atoms with E-state index < -0.39 is 14.3 Å². The summed E-state index contributed by atoms with van der Waals surface area (Å²) < 4.78 is 7.07. The van der Waals surface area contributed by atoms with Gasteiger partial charge in [0.1, 0.15) is 11.3 Å². The summed E-state index contributed by atoms with van der Waals surface area (Å²) >= 11 is 2.16. The fraction of sp³-hybridized carbons (Fsp3) is 0.462. The molecule has 1 rings (SSSR count). The van der Waals surface area contributed by atoms with Crippen molar-refractivity contribution >= 4 is 36.9 Å². The van der Waals surface area contributed by atoms with E-state index in [1.54, 1.807) is 18.2 Å². The minimum absolute atomic E-state index is 0.0457. The summed E-state index contributed by atoms with van der Waals surface area (Å²) in [5.74, 6) is -0.457. The normalized spacial score (nSPS) is 12.3.